The van der Waals surface area contributed by atoms with Gasteiger partial charge in [-0.05, 0) is 18.1 Å². The quantitative estimate of drug-likeness (QED) is 0.834. The third-order valence-electron chi connectivity index (χ3n) is 2.51. The zero-order valence-electron chi connectivity index (χ0n) is 10.3. The zero-order chi connectivity index (χ0) is 13.6. The molecule has 0 amide bonds. The first-order valence-electron chi connectivity index (χ1n) is 5.83. The lowest BCUT2D eigenvalue weighted by atomic mass is 10.2. The molecule has 0 aliphatic rings. The van der Waals surface area contributed by atoms with Gasteiger partial charge in [0.25, 0.3) is 0 Å². The fourth-order valence-corrected chi connectivity index (χ4v) is 3.58. The second-order valence-corrected chi connectivity index (χ2v) is 6.35. The summed E-state index contributed by atoms with van der Waals surface area (Å²) >= 11 is 5.96. The van der Waals surface area contributed by atoms with E-state index < -0.39 is 10.0 Å². The lowest BCUT2D eigenvalue weighted by molar-refractivity contribution is 0.253. The van der Waals surface area contributed by atoms with Crippen LogP contribution in [0.15, 0.2) is 24.3 Å². The van der Waals surface area contributed by atoms with Gasteiger partial charge in [0.2, 0.25) is 10.0 Å². The third kappa shape index (κ3) is 4.24. The maximum absolute atomic E-state index is 12.2. The molecule has 1 N–H and O–H groups in total. The number of halogens is 1. The van der Waals surface area contributed by atoms with Gasteiger partial charge in [0.05, 0.1) is 12.4 Å². The van der Waals surface area contributed by atoms with Crippen molar-refractivity contribution in [1.29, 1.82) is 0 Å². The van der Waals surface area contributed by atoms with E-state index in [9.17, 15) is 8.42 Å². The Morgan fingerprint density at radius 3 is 2.50 bits per heavy atom. The Labute approximate surface area is 113 Å². The third-order valence-corrected chi connectivity index (χ3v) is 4.71. The first kappa shape index (κ1) is 15.4. The molecule has 0 radical (unpaired) electrons. The van der Waals surface area contributed by atoms with Crippen molar-refractivity contribution in [2.75, 3.05) is 19.7 Å². The van der Waals surface area contributed by atoms with Crippen LogP contribution in [0, 0.1) is 0 Å². The van der Waals surface area contributed by atoms with E-state index >= 15 is 0 Å². The van der Waals surface area contributed by atoms with E-state index in [0.717, 1.165) is 0 Å². The van der Waals surface area contributed by atoms with Crippen LogP contribution in [-0.4, -0.2) is 37.5 Å². The number of hydrogen-bond acceptors (Lipinski definition) is 3. The molecule has 0 atom stereocenters. The molecule has 1 aromatic rings. The molecule has 0 fully saturated rings. The highest BCUT2D eigenvalue weighted by atomic mass is 35.5. The topological polar surface area (TPSA) is 57.6 Å². The molecule has 1 aromatic carbocycles. The van der Waals surface area contributed by atoms with Crippen LogP contribution in [0.1, 0.15) is 18.9 Å². The summed E-state index contributed by atoms with van der Waals surface area (Å²) in [6.07, 6.45) is 0.710. The van der Waals surface area contributed by atoms with E-state index in [1.807, 2.05) is 6.92 Å². The molecule has 0 saturated carbocycles. The fraction of sp³-hybridized carbons (Fsp3) is 0.500. The molecule has 4 nitrogen and oxygen atoms in total. The summed E-state index contributed by atoms with van der Waals surface area (Å²) in [7, 11) is -3.43. The van der Waals surface area contributed by atoms with Crippen molar-refractivity contribution in [2.45, 2.75) is 19.1 Å². The summed E-state index contributed by atoms with van der Waals surface area (Å²) in [4.78, 5) is 0. The Kier molecular flexibility index (Phi) is 6.08. The van der Waals surface area contributed by atoms with Crippen LogP contribution in [0.25, 0.3) is 0 Å². The van der Waals surface area contributed by atoms with Crippen molar-refractivity contribution in [3.05, 3.63) is 34.9 Å². The summed E-state index contributed by atoms with van der Waals surface area (Å²) in [5, 5.41) is 9.36. The van der Waals surface area contributed by atoms with Crippen LogP contribution in [0.3, 0.4) is 0 Å². The van der Waals surface area contributed by atoms with E-state index in [1.165, 1.54) is 4.31 Å². The molecule has 18 heavy (non-hydrogen) atoms. The monoisotopic (exact) mass is 291 g/mol. The highest BCUT2D eigenvalue weighted by Gasteiger charge is 2.22. The highest BCUT2D eigenvalue weighted by molar-refractivity contribution is 7.88. The molecular weight excluding hydrogens is 274 g/mol. The molecule has 0 bridgehead atoms. The number of rotatable bonds is 7. The molecule has 0 heterocycles. The number of aliphatic hydroxyl groups excluding tert-OH is 1. The van der Waals surface area contributed by atoms with E-state index in [4.69, 9.17) is 16.7 Å². The SMILES string of the molecule is CCCN(CCO)S(=O)(=O)Cc1ccccc1Cl. The van der Waals surface area contributed by atoms with Crippen LogP contribution < -0.4 is 0 Å². The molecule has 102 valence electrons. The molecule has 0 unspecified atom stereocenters. The van der Waals surface area contributed by atoms with Gasteiger partial charge in [-0.15, -0.1) is 0 Å². The van der Waals surface area contributed by atoms with Crippen molar-refractivity contribution in [3.8, 4) is 0 Å². The van der Waals surface area contributed by atoms with Gasteiger partial charge in [-0.2, -0.15) is 4.31 Å². The van der Waals surface area contributed by atoms with Crippen LogP contribution >= 0.6 is 11.6 Å². The van der Waals surface area contributed by atoms with Crippen molar-refractivity contribution in [3.63, 3.8) is 0 Å². The van der Waals surface area contributed by atoms with E-state index in [-0.39, 0.29) is 18.9 Å². The molecule has 0 spiro atoms. The molecule has 0 aliphatic heterocycles. The van der Waals surface area contributed by atoms with Gasteiger partial charge in [-0.3, -0.25) is 0 Å². The van der Waals surface area contributed by atoms with Crippen molar-refractivity contribution >= 4 is 21.6 Å². The van der Waals surface area contributed by atoms with Crippen LogP contribution in [-0.2, 0) is 15.8 Å². The Bertz CT molecular complexity index is 470. The van der Waals surface area contributed by atoms with Gasteiger partial charge in [0.15, 0.2) is 0 Å². The lowest BCUT2D eigenvalue weighted by Gasteiger charge is -2.20. The van der Waals surface area contributed by atoms with Gasteiger partial charge < -0.3 is 5.11 Å². The largest absolute Gasteiger partial charge is 0.395 e. The smallest absolute Gasteiger partial charge is 0.218 e. The molecule has 0 aromatic heterocycles. The number of nitrogens with zero attached hydrogens (tertiary/aromatic N) is 1. The van der Waals surface area contributed by atoms with Crippen molar-refractivity contribution < 1.29 is 13.5 Å². The first-order chi connectivity index (χ1) is 8.51. The molecule has 0 aliphatic carbocycles. The normalized spacial score (nSPS) is 12.0. The van der Waals surface area contributed by atoms with Crippen molar-refractivity contribution in [2.24, 2.45) is 0 Å². The minimum atomic E-state index is -3.43. The van der Waals surface area contributed by atoms with E-state index in [0.29, 0.717) is 23.6 Å². The van der Waals surface area contributed by atoms with Crippen LogP contribution in [0.4, 0.5) is 0 Å². The molecule has 1 rings (SSSR count). The minimum absolute atomic E-state index is 0.126. The molecular formula is C12H18ClNO3S. The summed E-state index contributed by atoms with van der Waals surface area (Å²) in [6.45, 7) is 2.26. The first-order valence-corrected chi connectivity index (χ1v) is 7.82. The van der Waals surface area contributed by atoms with Gasteiger partial charge in [-0.25, -0.2) is 8.42 Å². The second-order valence-electron chi connectivity index (χ2n) is 3.97. The lowest BCUT2D eigenvalue weighted by Crippen LogP contribution is -2.35. The van der Waals surface area contributed by atoms with Gasteiger partial charge >= 0.3 is 0 Å². The zero-order valence-corrected chi connectivity index (χ0v) is 11.9. The second kappa shape index (κ2) is 7.09. The maximum atomic E-state index is 12.2. The molecule has 6 heteroatoms. The summed E-state index contributed by atoms with van der Waals surface area (Å²) in [6, 6.07) is 6.88. The Balaban J connectivity index is 2.89. The standard InChI is InChI=1S/C12H18ClNO3S/c1-2-7-14(8-9-15)18(16,17)10-11-5-3-4-6-12(11)13/h3-6,15H,2,7-10H2,1H3. The average molecular weight is 292 g/mol. The summed E-state index contributed by atoms with van der Waals surface area (Å²) < 4.78 is 25.7. The minimum Gasteiger partial charge on any atom is -0.395 e. The van der Waals surface area contributed by atoms with E-state index in [1.54, 1.807) is 24.3 Å². The predicted molar refractivity (Wildman–Crippen MR) is 73.0 cm³/mol. The molecule has 0 saturated heterocycles. The van der Waals surface area contributed by atoms with E-state index in [2.05, 4.69) is 0 Å². The Morgan fingerprint density at radius 2 is 1.94 bits per heavy atom. The predicted octanol–water partition coefficient (Wildman–Crippen LogP) is 1.87. The Morgan fingerprint density at radius 1 is 1.28 bits per heavy atom. The number of sulfonamides is 1. The number of aliphatic hydroxyl groups is 1. The summed E-state index contributed by atoms with van der Waals surface area (Å²) in [5.74, 6) is -0.132. The number of hydrogen-bond donors (Lipinski definition) is 1. The summed E-state index contributed by atoms with van der Waals surface area (Å²) in [5.41, 5.74) is 0.582. The fourth-order valence-electron chi connectivity index (χ4n) is 1.65. The highest BCUT2D eigenvalue weighted by Crippen LogP contribution is 2.19. The maximum Gasteiger partial charge on any atom is 0.218 e. The number of benzene rings is 1. The van der Waals surface area contributed by atoms with Gasteiger partial charge in [-0.1, -0.05) is 36.7 Å². The van der Waals surface area contributed by atoms with Crippen LogP contribution in [0.2, 0.25) is 5.02 Å². The van der Waals surface area contributed by atoms with Gasteiger partial charge in [0.1, 0.15) is 0 Å². The van der Waals surface area contributed by atoms with Crippen molar-refractivity contribution in [1.82, 2.24) is 4.31 Å². The van der Waals surface area contributed by atoms with Crippen LogP contribution in [0.5, 0.6) is 0 Å². The average Bonchev–Trinajstić information content (AvgIpc) is 2.32. The van der Waals surface area contributed by atoms with Gasteiger partial charge in [0, 0.05) is 18.1 Å². The Hall–Kier alpha value is -0.620.